The Morgan fingerprint density at radius 3 is 2.57 bits per heavy atom. The van der Waals surface area contributed by atoms with Crippen LogP contribution in [0.2, 0.25) is 0 Å². The van der Waals surface area contributed by atoms with Gasteiger partial charge in [0.15, 0.2) is 0 Å². The number of amides is 2. The van der Waals surface area contributed by atoms with E-state index in [0.717, 1.165) is 24.3 Å². The molecule has 0 saturated heterocycles. The number of ether oxygens (including phenoxy) is 2. The van der Waals surface area contributed by atoms with E-state index in [-0.39, 0.29) is 6.03 Å². The van der Waals surface area contributed by atoms with Crippen LogP contribution >= 0.6 is 0 Å². The normalized spacial score (nSPS) is 10.3. The zero-order valence-corrected chi connectivity index (χ0v) is 13.2. The van der Waals surface area contributed by atoms with Crippen molar-refractivity contribution in [2.75, 3.05) is 41.4 Å². The molecule has 0 aliphatic carbocycles. The van der Waals surface area contributed by atoms with Crippen molar-refractivity contribution in [2.45, 2.75) is 13.0 Å². The lowest BCUT2D eigenvalue weighted by atomic mass is 10.2. The number of hydrogen-bond acceptors (Lipinski definition) is 4. The Morgan fingerprint density at radius 1 is 1.19 bits per heavy atom. The third kappa shape index (κ3) is 6.35. The molecule has 0 heterocycles. The Balaban J connectivity index is 2.39. The van der Waals surface area contributed by atoms with Crippen molar-refractivity contribution in [3.8, 4) is 11.5 Å². The van der Waals surface area contributed by atoms with Crippen LogP contribution in [-0.4, -0.2) is 52.3 Å². The smallest absolute Gasteiger partial charge is 0.315 e. The van der Waals surface area contributed by atoms with Crippen LogP contribution in [0.1, 0.15) is 12.0 Å². The molecule has 1 rings (SSSR count). The average molecular weight is 295 g/mol. The summed E-state index contributed by atoms with van der Waals surface area (Å²) in [6, 6.07) is 5.34. The lowest BCUT2D eigenvalue weighted by molar-refractivity contribution is 0.239. The summed E-state index contributed by atoms with van der Waals surface area (Å²) in [6.45, 7) is 2.02. The molecule has 0 fully saturated rings. The van der Waals surface area contributed by atoms with Gasteiger partial charge in [0, 0.05) is 24.7 Å². The van der Waals surface area contributed by atoms with Gasteiger partial charge in [-0.05, 0) is 39.2 Å². The van der Waals surface area contributed by atoms with Crippen molar-refractivity contribution in [3.05, 3.63) is 23.8 Å². The first-order valence-corrected chi connectivity index (χ1v) is 6.94. The van der Waals surface area contributed by atoms with Gasteiger partial charge in [-0.2, -0.15) is 0 Å². The molecule has 1 aromatic rings. The maximum atomic E-state index is 11.7. The maximum absolute atomic E-state index is 11.7. The molecule has 2 amide bonds. The quantitative estimate of drug-likeness (QED) is 0.713. The second kappa shape index (κ2) is 9.07. The molecule has 6 nitrogen and oxygen atoms in total. The zero-order valence-electron chi connectivity index (χ0n) is 13.2. The van der Waals surface area contributed by atoms with Crippen LogP contribution in [0.5, 0.6) is 11.5 Å². The van der Waals surface area contributed by atoms with E-state index < -0.39 is 0 Å². The molecule has 21 heavy (non-hydrogen) atoms. The topological polar surface area (TPSA) is 62.8 Å². The Hall–Kier alpha value is -1.95. The van der Waals surface area contributed by atoms with Gasteiger partial charge in [-0.25, -0.2) is 4.79 Å². The average Bonchev–Trinajstić information content (AvgIpc) is 2.49. The van der Waals surface area contributed by atoms with E-state index in [1.54, 1.807) is 20.3 Å². The molecular weight excluding hydrogens is 270 g/mol. The molecule has 0 aliphatic heterocycles. The second-order valence-corrected chi connectivity index (χ2v) is 4.94. The van der Waals surface area contributed by atoms with Gasteiger partial charge in [0.1, 0.15) is 11.5 Å². The van der Waals surface area contributed by atoms with Crippen LogP contribution in [0.25, 0.3) is 0 Å². The van der Waals surface area contributed by atoms with E-state index in [0.29, 0.717) is 18.8 Å². The van der Waals surface area contributed by atoms with Crippen LogP contribution in [0.4, 0.5) is 4.79 Å². The number of benzene rings is 1. The van der Waals surface area contributed by atoms with Crippen LogP contribution in [0, 0.1) is 0 Å². The SMILES string of the molecule is COc1ccc(CNC(=O)NCCCN(C)C)c(OC)c1. The number of hydrogen-bond donors (Lipinski definition) is 2. The minimum absolute atomic E-state index is 0.174. The van der Waals surface area contributed by atoms with Gasteiger partial charge >= 0.3 is 6.03 Å². The van der Waals surface area contributed by atoms with Gasteiger partial charge in [-0.3, -0.25) is 0 Å². The highest BCUT2D eigenvalue weighted by Crippen LogP contribution is 2.24. The van der Waals surface area contributed by atoms with Crippen molar-refractivity contribution < 1.29 is 14.3 Å². The maximum Gasteiger partial charge on any atom is 0.315 e. The zero-order chi connectivity index (χ0) is 15.7. The third-order valence-corrected chi connectivity index (χ3v) is 3.00. The van der Waals surface area contributed by atoms with Crippen LogP contribution in [0.15, 0.2) is 18.2 Å². The number of rotatable bonds is 8. The Bertz CT molecular complexity index is 450. The van der Waals surface area contributed by atoms with E-state index in [1.807, 2.05) is 26.2 Å². The molecule has 0 saturated carbocycles. The molecule has 118 valence electrons. The molecule has 1 aromatic carbocycles. The lowest BCUT2D eigenvalue weighted by Crippen LogP contribution is -2.36. The van der Waals surface area contributed by atoms with Crippen LogP contribution in [0.3, 0.4) is 0 Å². The molecule has 0 spiro atoms. The first-order valence-electron chi connectivity index (χ1n) is 6.94. The van der Waals surface area contributed by atoms with Gasteiger partial charge in [-0.15, -0.1) is 0 Å². The summed E-state index contributed by atoms with van der Waals surface area (Å²) in [7, 11) is 7.22. The summed E-state index contributed by atoms with van der Waals surface area (Å²) < 4.78 is 10.4. The fraction of sp³-hybridized carbons (Fsp3) is 0.533. The lowest BCUT2D eigenvalue weighted by Gasteiger charge is -2.13. The standard InChI is InChI=1S/C15H25N3O3/c1-18(2)9-5-8-16-15(19)17-11-12-6-7-13(20-3)10-14(12)21-4/h6-7,10H,5,8-9,11H2,1-4H3,(H2,16,17,19). The fourth-order valence-electron chi connectivity index (χ4n) is 1.83. The van der Waals surface area contributed by atoms with E-state index in [1.165, 1.54) is 0 Å². The van der Waals surface area contributed by atoms with Gasteiger partial charge in [0.25, 0.3) is 0 Å². The summed E-state index contributed by atoms with van der Waals surface area (Å²) in [6.07, 6.45) is 0.923. The van der Waals surface area contributed by atoms with E-state index in [4.69, 9.17) is 9.47 Å². The molecule has 0 radical (unpaired) electrons. The molecule has 2 N–H and O–H groups in total. The third-order valence-electron chi connectivity index (χ3n) is 3.00. The predicted octanol–water partition coefficient (Wildman–Crippen LogP) is 1.45. The number of carbonyl (C=O) groups excluding carboxylic acids is 1. The summed E-state index contributed by atoms with van der Waals surface area (Å²) in [5.41, 5.74) is 0.904. The Kier molecular flexibility index (Phi) is 7.39. The van der Waals surface area contributed by atoms with Crippen molar-refractivity contribution in [1.82, 2.24) is 15.5 Å². The van der Waals surface area contributed by atoms with Crippen molar-refractivity contribution in [3.63, 3.8) is 0 Å². The molecule has 0 aliphatic rings. The van der Waals surface area contributed by atoms with Crippen LogP contribution in [-0.2, 0) is 6.54 Å². The Morgan fingerprint density at radius 2 is 1.95 bits per heavy atom. The number of methoxy groups -OCH3 is 2. The molecule has 6 heteroatoms. The minimum atomic E-state index is -0.174. The minimum Gasteiger partial charge on any atom is -0.497 e. The number of nitrogens with one attached hydrogen (secondary N) is 2. The number of nitrogens with zero attached hydrogens (tertiary/aromatic N) is 1. The van der Waals surface area contributed by atoms with E-state index >= 15 is 0 Å². The Labute approximate surface area is 126 Å². The summed E-state index contributed by atoms with van der Waals surface area (Å²) in [4.78, 5) is 13.8. The molecule has 0 atom stereocenters. The predicted molar refractivity (Wildman–Crippen MR) is 83.0 cm³/mol. The molecule has 0 unspecified atom stereocenters. The fourth-order valence-corrected chi connectivity index (χ4v) is 1.83. The first kappa shape index (κ1) is 17.1. The van der Waals surface area contributed by atoms with E-state index in [9.17, 15) is 4.79 Å². The van der Waals surface area contributed by atoms with Gasteiger partial charge in [0.05, 0.1) is 14.2 Å². The monoisotopic (exact) mass is 295 g/mol. The van der Waals surface area contributed by atoms with Crippen molar-refractivity contribution in [1.29, 1.82) is 0 Å². The highest BCUT2D eigenvalue weighted by Gasteiger charge is 2.06. The molecule has 0 aromatic heterocycles. The molecular formula is C15H25N3O3. The summed E-state index contributed by atoms with van der Waals surface area (Å²) >= 11 is 0. The summed E-state index contributed by atoms with van der Waals surface area (Å²) in [5.74, 6) is 1.42. The van der Waals surface area contributed by atoms with Crippen LogP contribution < -0.4 is 20.1 Å². The number of carbonyl (C=O) groups is 1. The largest absolute Gasteiger partial charge is 0.497 e. The number of urea groups is 1. The summed E-state index contributed by atoms with van der Waals surface area (Å²) in [5, 5.41) is 5.64. The van der Waals surface area contributed by atoms with Gasteiger partial charge < -0.3 is 25.0 Å². The van der Waals surface area contributed by atoms with Gasteiger partial charge in [0.2, 0.25) is 0 Å². The molecule has 0 bridgehead atoms. The second-order valence-electron chi connectivity index (χ2n) is 4.94. The van der Waals surface area contributed by atoms with E-state index in [2.05, 4.69) is 15.5 Å². The highest BCUT2D eigenvalue weighted by molar-refractivity contribution is 5.73. The van der Waals surface area contributed by atoms with Crippen molar-refractivity contribution >= 4 is 6.03 Å². The van der Waals surface area contributed by atoms with Crippen molar-refractivity contribution in [2.24, 2.45) is 0 Å². The highest BCUT2D eigenvalue weighted by atomic mass is 16.5. The first-order chi connectivity index (χ1) is 10.1. The van der Waals surface area contributed by atoms with Gasteiger partial charge in [-0.1, -0.05) is 0 Å².